The van der Waals surface area contributed by atoms with E-state index in [1.165, 1.54) is 52.8 Å². The molecular weight excluding hydrogens is 697 g/mol. The van der Waals surface area contributed by atoms with E-state index in [2.05, 4.69) is 20.8 Å². The Balaban J connectivity index is 1.18. The average Bonchev–Trinajstić information content (AvgIpc) is 3.87. The summed E-state index contributed by atoms with van der Waals surface area (Å²) in [6.45, 7) is 1.99. The Labute approximate surface area is 300 Å². The standard InChI is InChI=1S/C38H32F4N6O3S/c1-2-25-29(40)7-4-22-16-24(49)17-28(32(22)25)26-5-6-27-34(33(26)42)44-37(51-21-38-8-3-10-48(38)20-23(39)19-38)45-35(27)46-11-13-47(14-12-46)36(50)30(41)18-31-43-9-15-52-31/h1,4-7,9,15-18,23,49H,3,8,10-14,19-21H2/b30-18-/t23-,38+/m1/s1. The summed E-state index contributed by atoms with van der Waals surface area (Å²) in [7, 11) is 0. The maximum atomic E-state index is 16.9. The summed E-state index contributed by atoms with van der Waals surface area (Å²) in [4.78, 5) is 31.5. The Kier molecular flexibility index (Phi) is 8.71. The molecule has 52 heavy (non-hydrogen) atoms. The van der Waals surface area contributed by atoms with Crippen molar-refractivity contribution in [3.8, 4) is 35.2 Å². The molecular formula is C38H32F4N6O3S. The number of thiazole rings is 1. The van der Waals surface area contributed by atoms with Gasteiger partial charge in [-0.25, -0.2) is 22.5 Å². The van der Waals surface area contributed by atoms with Gasteiger partial charge in [-0.2, -0.15) is 9.97 Å². The fraction of sp³-hybridized carbons (Fsp3) is 0.316. The normalized spacial score (nSPS) is 20.8. The Bertz CT molecular complexity index is 2290. The largest absolute Gasteiger partial charge is 0.508 e. The molecule has 3 aliphatic rings. The van der Waals surface area contributed by atoms with Crippen LogP contribution in [-0.4, -0.2) is 93.4 Å². The molecule has 0 aliphatic carbocycles. The number of aromatic hydroxyl groups is 1. The number of fused-ring (bicyclic) bond motifs is 3. The van der Waals surface area contributed by atoms with E-state index in [0.717, 1.165) is 25.5 Å². The molecule has 9 nitrogen and oxygen atoms in total. The third kappa shape index (κ3) is 5.97. The molecule has 0 bridgehead atoms. The van der Waals surface area contributed by atoms with Crippen LogP contribution in [0.25, 0.3) is 38.9 Å². The third-order valence-corrected chi connectivity index (χ3v) is 11.0. The van der Waals surface area contributed by atoms with Crippen molar-refractivity contribution in [3.63, 3.8) is 0 Å². The van der Waals surface area contributed by atoms with Crippen LogP contribution in [0.4, 0.5) is 23.4 Å². The lowest BCUT2D eigenvalue weighted by Crippen LogP contribution is -2.49. The van der Waals surface area contributed by atoms with Gasteiger partial charge < -0.3 is 19.6 Å². The molecule has 3 saturated heterocycles. The number of nitrogens with zero attached hydrogens (tertiary/aromatic N) is 6. The number of amides is 1. The molecule has 1 N–H and O–H groups in total. The first-order valence-corrected chi connectivity index (χ1v) is 17.8. The molecule has 5 aromatic rings. The second-order valence-electron chi connectivity index (χ2n) is 13.3. The van der Waals surface area contributed by atoms with E-state index in [1.807, 2.05) is 4.90 Å². The van der Waals surface area contributed by atoms with Gasteiger partial charge in [0.05, 0.1) is 11.1 Å². The van der Waals surface area contributed by atoms with E-state index in [1.54, 1.807) is 11.4 Å². The summed E-state index contributed by atoms with van der Waals surface area (Å²) in [5.74, 6) is -0.595. The van der Waals surface area contributed by atoms with Gasteiger partial charge in [-0.05, 0) is 54.6 Å². The zero-order valence-corrected chi connectivity index (χ0v) is 28.6. The molecule has 1 amide bonds. The minimum absolute atomic E-state index is 0.0145. The topological polar surface area (TPSA) is 94.9 Å². The van der Waals surface area contributed by atoms with E-state index in [4.69, 9.17) is 16.1 Å². The monoisotopic (exact) mass is 728 g/mol. The molecule has 266 valence electrons. The van der Waals surface area contributed by atoms with Crippen LogP contribution in [0.3, 0.4) is 0 Å². The number of alkyl halides is 1. The van der Waals surface area contributed by atoms with Crippen LogP contribution in [0.1, 0.15) is 29.8 Å². The maximum absolute atomic E-state index is 16.9. The number of carbonyl (C=O) groups is 1. The highest BCUT2D eigenvalue weighted by molar-refractivity contribution is 7.10. The Morgan fingerprint density at radius 1 is 1.12 bits per heavy atom. The number of terminal acetylenes is 1. The van der Waals surface area contributed by atoms with Crippen molar-refractivity contribution in [2.45, 2.75) is 31.0 Å². The van der Waals surface area contributed by atoms with Crippen LogP contribution >= 0.6 is 11.3 Å². The van der Waals surface area contributed by atoms with Gasteiger partial charge in [0.2, 0.25) is 0 Å². The number of ether oxygens (including phenoxy) is 1. The van der Waals surface area contributed by atoms with Crippen LogP contribution in [0.5, 0.6) is 11.8 Å². The summed E-state index contributed by atoms with van der Waals surface area (Å²) < 4.78 is 67.4. The smallest absolute Gasteiger partial charge is 0.319 e. The van der Waals surface area contributed by atoms with Crippen molar-refractivity contribution < 1.29 is 32.2 Å². The molecule has 0 saturated carbocycles. The zero-order chi connectivity index (χ0) is 36.1. The number of carbonyl (C=O) groups excluding carboxylic acids is 1. The zero-order valence-electron chi connectivity index (χ0n) is 27.8. The van der Waals surface area contributed by atoms with Gasteiger partial charge in [-0.15, -0.1) is 17.8 Å². The van der Waals surface area contributed by atoms with Crippen LogP contribution in [0.2, 0.25) is 0 Å². The number of piperazine rings is 1. The molecule has 2 aromatic heterocycles. The van der Waals surface area contributed by atoms with Gasteiger partial charge in [-0.3, -0.25) is 9.69 Å². The van der Waals surface area contributed by atoms with Crippen molar-refractivity contribution in [3.05, 3.63) is 76.0 Å². The number of halogens is 4. The average molecular weight is 729 g/mol. The van der Waals surface area contributed by atoms with Crippen molar-refractivity contribution in [2.75, 3.05) is 50.8 Å². The van der Waals surface area contributed by atoms with Crippen molar-refractivity contribution in [2.24, 2.45) is 0 Å². The number of aromatic nitrogens is 3. The molecule has 2 atom stereocenters. The molecule has 3 aromatic carbocycles. The number of phenolic OH excluding ortho intramolecular Hbond substituents is 1. The molecule has 5 heterocycles. The van der Waals surface area contributed by atoms with Gasteiger partial charge in [0.1, 0.15) is 40.7 Å². The van der Waals surface area contributed by atoms with Gasteiger partial charge in [0, 0.05) is 73.1 Å². The van der Waals surface area contributed by atoms with E-state index in [0.29, 0.717) is 34.6 Å². The SMILES string of the molecule is C#Cc1c(F)ccc2cc(O)cc(-c3ccc4c(N5CCN(C(=O)/C(F)=C/c6nccs6)CC5)nc(OC[C@@]56CCCN5C[C@H](F)C6)nc4c3F)c12. The van der Waals surface area contributed by atoms with E-state index >= 15 is 4.39 Å². The highest BCUT2D eigenvalue weighted by Gasteiger charge is 2.49. The first-order valence-electron chi connectivity index (χ1n) is 16.9. The lowest BCUT2D eigenvalue weighted by atomic mass is 9.93. The van der Waals surface area contributed by atoms with E-state index in [-0.39, 0.29) is 72.1 Å². The van der Waals surface area contributed by atoms with Crippen LogP contribution in [0, 0.1) is 24.0 Å². The molecule has 0 radical (unpaired) electrons. The van der Waals surface area contributed by atoms with Crippen LogP contribution in [-0.2, 0) is 4.79 Å². The molecule has 0 spiro atoms. The van der Waals surface area contributed by atoms with Gasteiger partial charge >= 0.3 is 6.01 Å². The summed E-state index contributed by atoms with van der Waals surface area (Å²) in [6.07, 6.45) is 9.31. The number of phenols is 1. The predicted octanol–water partition coefficient (Wildman–Crippen LogP) is 6.49. The summed E-state index contributed by atoms with van der Waals surface area (Å²) in [5, 5.41) is 13.7. The molecule has 8 rings (SSSR count). The van der Waals surface area contributed by atoms with Crippen LogP contribution in [0.15, 0.2) is 53.8 Å². The fourth-order valence-electron chi connectivity index (χ4n) is 7.81. The summed E-state index contributed by atoms with van der Waals surface area (Å²) in [6, 6.07) is 8.42. The second kappa shape index (κ2) is 13.4. The quantitative estimate of drug-likeness (QED) is 0.116. The summed E-state index contributed by atoms with van der Waals surface area (Å²) in [5.41, 5.74) is -0.506. The number of benzene rings is 3. The van der Waals surface area contributed by atoms with Gasteiger partial charge in [0.15, 0.2) is 11.6 Å². The minimum Gasteiger partial charge on any atom is -0.508 e. The van der Waals surface area contributed by atoms with Crippen molar-refractivity contribution in [1.82, 2.24) is 24.8 Å². The highest BCUT2D eigenvalue weighted by Crippen LogP contribution is 2.42. The molecule has 14 heteroatoms. The first kappa shape index (κ1) is 33.9. The fourth-order valence-corrected chi connectivity index (χ4v) is 8.37. The van der Waals surface area contributed by atoms with Crippen LogP contribution < -0.4 is 9.64 Å². The highest BCUT2D eigenvalue weighted by atomic mass is 32.1. The maximum Gasteiger partial charge on any atom is 0.319 e. The van der Waals surface area contributed by atoms with Crippen molar-refractivity contribution >= 4 is 50.8 Å². The Hall–Kier alpha value is -5.26. The lowest BCUT2D eigenvalue weighted by Gasteiger charge is -2.35. The Morgan fingerprint density at radius 3 is 2.71 bits per heavy atom. The molecule has 0 unspecified atom stereocenters. The second-order valence-corrected chi connectivity index (χ2v) is 14.2. The number of hydrogen-bond acceptors (Lipinski definition) is 9. The third-order valence-electron chi connectivity index (χ3n) is 10.3. The van der Waals surface area contributed by atoms with Gasteiger partial charge in [0.25, 0.3) is 5.91 Å². The number of anilines is 1. The number of rotatable bonds is 7. The van der Waals surface area contributed by atoms with Gasteiger partial charge in [-0.1, -0.05) is 18.1 Å². The predicted molar refractivity (Wildman–Crippen MR) is 191 cm³/mol. The molecule has 3 aliphatic heterocycles. The first-order chi connectivity index (χ1) is 25.1. The van der Waals surface area contributed by atoms with Crippen molar-refractivity contribution in [1.29, 1.82) is 0 Å². The number of hydrogen-bond donors (Lipinski definition) is 1. The van der Waals surface area contributed by atoms with E-state index in [9.17, 15) is 23.1 Å². The minimum atomic E-state index is -0.980. The summed E-state index contributed by atoms with van der Waals surface area (Å²) >= 11 is 1.21. The Morgan fingerprint density at radius 2 is 1.94 bits per heavy atom. The lowest BCUT2D eigenvalue weighted by molar-refractivity contribution is -0.128. The van der Waals surface area contributed by atoms with E-state index < -0.39 is 35.1 Å². The molecule has 3 fully saturated rings.